The number of nitro groups is 2. The molecule has 9 aromatic carbocycles. The summed E-state index contributed by atoms with van der Waals surface area (Å²) in [5, 5.41) is 120. The van der Waals surface area contributed by atoms with Crippen LogP contribution in [0.25, 0.3) is 98.1 Å². The minimum absolute atomic E-state index is 0.0789. The van der Waals surface area contributed by atoms with Crippen molar-refractivity contribution in [1.82, 2.24) is 137 Å². The fourth-order valence-corrected chi connectivity index (χ4v) is 18.2. The third-order valence-electron chi connectivity index (χ3n) is 24.3. The maximum Gasteiger partial charge on any atom is 0.311 e. The van der Waals surface area contributed by atoms with Crippen LogP contribution >= 0.6 is 23.5 Å². The van der Waals surface area contributed by atoms with Crippen molar-refractivity contribution in [2.75, 3.05) is 42.5 Å². The first-order chi connectivity index (χ1) is 71.7. The summed E-state index contributed by atoms with van der Waals surface area (Å²) in [4.78, 5) is 114. The van der Waals surface area contributed by atoms with Crippen LogP contribution in [0.4, 0.5) is 104 Å². The molecule has 3 fully saturated rings. The van der Waals surface area contributed by atoms with E-state index >= 15 is 0 Å². The lowest BCUT2D eigenvalue weighted by atomic mass is 10.1. The Kier molecular flexibility index (Phi) is 24.0. The highest BCUT2D eigenvalue weighted by molar-refractivity contribution is 7.99. The van der Waals surface area contributed by atoms with Crippen LogP contribution in [0.1, 0.15) is 79.1 Å². The Balaban J connectivity index is 0.000000101. The second-order valence-electron chi connectivity index (χ2n) is 34.8. The molecule has 46 nitrogen and oxygen atoms in total. The lowest BCUT2D eigenvalue weighted by molar-refractivity contribution is -0.384. The SMILES string of the molecule is Cc1cc(Nc2nc(Sc3ccc4c(=O)[nH][nH]c4c3)nc3ccccc23)n[nH]1.O=c1[nH][nH]c2cc(Nc3cc(Nc4n[nH]c5ccccc45)c4ccccc4n3)ccc12.O=c1[nH][nH]c2cc(Nc3ccc([N+](=O)[O-])c(Nc4cc(C5CC5)[nH]n4)n3)ccc12.O=c1[nH][nH]c2cc(Nc3nc(Nc4cc(C5CC5)[nH]n4)ccc3[N+](=O)[O-])ccc12.O=c1[nH][nH]c2cc(Sc3nc(Nc4cc(C5CC5)[nH]n4)c4ccccc4n3)ccc12. The van der Waals surface area contributed by atoms with E-state index in [1.165, 1.54) is 66.3 Å². The second-order valence-corrected chi connectivity index (χ2v) is 36.8. The number of fused-ring (bicyclic) bond motifs is 9. The largest absolute Gasteiger partial charge is 0.340 e. The lowest BCUT2D eigenvalue weighted by Gasteiger charge is -2.12. The van der Waals surface area contributed by atoms with E-state index in [1.54, 1.807) is 54.6 Å². The number of anilines is 16. The molecular weight excluding hydrogens is 1920 g/mol. The first-order valence-electron chi connectivity index (χ1n) is 46.2. The van der Waals surface area contributed by atoms with Crippen LogP contribution in [-0.4, -0.2) is 147 Å². The van der Waals surface area contributed by atoms with Gasteiger partial charge in [0.05, 0.1) is 92.1 Å². The molecule has 3 saturated carbocycles. The molecule has 0 aliphatic heterocycles. The third-order valence-corrected chi connectivity index (χ3v) is 26.0. The zero-order valence-electron chi connectivity index (χ0n) is 76.8. The molecule has 48 heteroatoms. The van der Waals surface area contributed by atoms with Crippen molar-refractivity contribution in [2.45, 2.75) is 83.3 Å². The molecule has 27 rings (SSSR count). The number of rotatable bonds is 25. The third kappa shape index (κ3) is 20.1. The van der Waals surface area contributed by atoms with E-state index in [1.807, 2.05) is 165 Å². The van der Waals surface area contributed by atoms with E-state index in [0.717, 1.165) is 136 Å². The minimum Gasteiger partial charge on any atom is -0.340 e. The summed E-state index contributed by atoms with van der Waals surface area (Å²) in [5.74, 6) is 8.00. The number of pyridine rings is 3. The van der Waals surface area contributed by atoms with Crippen LogP contribution in [0.3, 0.4) is 0 Å². The van der Waals surface area contributed by atoms with Crippen molar-refractivity contribution in [1.29, 1.82) is 0 Å². The van der Waals surface area contributed by atoms with Crippen LogP contribution in [0.15, 0.2) is 287 Å². The molecule has 24 aromatic rings. The van der Waals surface area contributed by atoms with Gasteiger partial charge in [0.1, 0.15) is 29.1 Å². The van der Waals surface area contributed by atoms with Gasteiger partial charge in [0.2, 0.25) is 11.6 Å². The van der Waals surface area contributed by atoms with Gasteiger partial charge in [0.15, 0.2) is 39.4 Å². The molecule has 0 bridgehead atoms. The quantitative estimate of drug-likeness (QED) is 0.0144. The van der Waals surface area contributed by atoms with E-state index in [-0.39, 0.29) is 50.8 Å². The van der Waals surface area contributed by atoms with E-state index in [0.29, 0.717) is 124 Å². The lowest BCUT2D eigenvalue weighted by Crippen LogP contribution is -2.03. The molecule has 0 radical (unpaired) electrons. The molecular formula is C99H81N37O9S2. The van der Waals surface area contributed by atoms with E-state index in [9.17, 15) is 44.2 Å². The molecule has 0 unspecified atom stereocenters. The maximum absolute atomic E-state index is 11.7. The van der Waals surface area contributed by atoms with Crippen LogP contribution in [0.2, 0.25) is 0 Å². The van der Waals surface area contributed by atoms with Gasteiger partial charge in [-0.1, -0.05) is 54.6 Å². The highest BCUT2D eigenvalue weighted by atomic mass is 32.2. The number of H-pyrrole nitrogens is 15. The van der Waals surface area contributed by atoms with Crippen molar-refractivity contribution in [3.05, 3.63) is 337 Å². The predicted molar refractivity (Wildman–Crippen MR) is 563 cm³/mol. The Hall–Kier alpha value is -20.1. The van der Waals surface area contributed by atoms with Crippen LogP contribution in [-0.2, 0) is 0 Å². The smallest absolute Gasteiger partial charge is 0.311 e. The van der Waals surface area contributed by atoms with Gasteiger partial charge in [-0.25, -0.2) is 34.9 Å². The molecule has 15 heterocycles. The Bertz CT molecular complexity index is 9510. The highest BCUT2D eigenvalue weighted by Gasteiger charge is 2.30. The first kappa shape index (κ1) is 90.8. The normalized spacial score (nSPS) is 12.7. The van der Waals surface area contributed by atoms with Gasteiger partial charge >= 0.3 is 11.4 Å². The fraction of sp³-hybridized carbons (Fsp3) is 0.101. The number of hydrogen-bond donors (Lipinski definition) is 23. The second kappa shape index (κ2) is 38.8. The Morgan fingerprint density at radius 1 is 0.279 bits per heavy atom. The number of nitrogens with zero attached hydrogens (tertiary/aromatic N) is 14. The highest BCUT2D eigenvalue weighted by Crippen LogP contribution is 2.44. The van der Waals surface area contributed by atoms with Gasteiger partial charge in [-0.2, -0.15) is 25.5 Å². The molecule has 0 amide bonds. The molecule has 0 spiro atoms. The van der Waals surface area contributed by atoms with E-state index in [4.69, 9.17) is 19.9 Å². The zero-order chi connectivity index (χ0) is 99.9. The number of hydrogen-bond acceptors (Lipinski definition) is 31. The number of benzene rings is 9. The van der Waals surface area contributed by atoms with Crippen LogP contribution in [0.5, 0.6) is 0 Å². The molecule has 0 saturated heterocycles. The summed E-state index contributed by atoms with van der Waals surface area (Å²) in [7, 11) is 0. The van der Waals surface area contributed by atoms with Gasteiger partial charge in [-0.3, -0.25) is 121 Å². The van der Waals surface area contributed by atoms with Gasteiger partial charge in [0.25, 0.3) is 27.8 Å². The fourth-order valence-electron chi connectivity index (χ4n) is 16.6. The molecule has 15 aromatic heterocycles. The average molecular weight is 2000 g/mol. The van der Waals surface area contributed by atoms with E-state index < -0.39 is 9.85 Å². The molecule has 23 N–H and O–H groups in total. The number of aromatic amines is 15. The monoisotopic (exact) mass is 2000 g/mol. The zero-order valence-corrected chi connectivity index (χ0v) is 78.5. The molecule has 3 aliphatic rings. The van der Waals surface area contributed by atoms with Crippen LogP contribution < -0.4 is 70.3 Å². The van der Waals surface area contributed by atoms with E-state index in [2.05, 4.69) is 166 Å². The van der Waals surface area contributed by atoms with Crippen molar-refractivity contribution >= 4 is 226 Å². The van der Waals surface area contributed by atoms with Crippen molar-refractivity contribution < 1.29 is 9.85 Å². The standard InChI is InChI=1S/C23H17N7O.C21H17N7OS.C19H15N7OS.2C18H16N8O3/c31-23-16-10-9-13(11-20(16)28-30-23)24-21-12-19(14-5-1-3-7-17(14)25-21)26-22-15-6-2-4-8-18(15)27-29-22;29-20-14-8-7-12(9-17(14)26-28-20)30-21-22-15-4-2-1-3-13(15)19(24-21)23-18-10-16(25-27-18)11-5-6-11;1-10-8-16(25-23-10)21-17-12-4-2-3-5-14(12)20-19(22-17)28-11-6-7-13-15(9-11)24-26-18(13)27;27-18-11-4-3-10(7-13(11)23-25-18)19-17-14(26(28)29)5-6-15(21-17)20-16-8-12(22-24-16)9-1-2-9;27-18-11-4-3-10(7-13(11)23-25-18)19-15-6-5-14(26(28)29)17(20-15)21-16-8-12(22-24-16)9-1-2-9/h1-12H,(H2,28,30,31)(H3,24,25,26,27,29);1-4,7-11H,5-6H2,(H2,26,28,29)(H2,22,23,24,25,27);2-9H,1H3,(H2,24,26,27)(H2,20,21,22,23,25);2*3-9H,1-2H2,(H2,23,25,27)(H3,19,20,21,22,24). The summed E-state index contributed by atoms with van der Waals surface area (Å²) in [6, 6.07) is 74.0. The molecule has 147 heavy (non-hydrogen) atoms. The Morgan fingerprint density at radius 3 is 1.10 bits per heavy atom. The van der Waals surface area contributed by atoms with Crippen LogP contribution in [0, 0.1) is 27.2 Å². The van der Waals surface area contributed by atoms with Gasteiger partial charge in [-0.15, -0.1) is 0 Å². The minimum atomic E-state index is -0.504. The first-order valence-corrected chi connectivity index (χ1v) is 47.8. The summed E-state index contributed by atoms with van der Waals surface area (Å²) < 4.78 is 0. The van der Waals surface area contributed by atoms with Crippen molar-refractivity contribution in [2.24, 2.45) is 0 Å². The summed E-state index contributed by atoms with van der Waals surface area (Å²) in [6.07, 6.45) is 6.99. The van der Waals surface area contributed by atoms with Crippen molar-refractivity contribution in [3.8, 4) is 0 Å². The molecule has 3 aliphatic carbocycles. The van der Waals surface area contributed by atoms with Crippen molar-refractivity contribution in [3.63, 3.8) is 0 Å². The van der Waals surface area contributed by atoms with Gasteiger partial charge < -0.3 is 42.5 Å². The molecule has 728 valence electrons. The predicted octanol–water partition coefficient (Wildman–Crippen LogP) is 19.3. The number of para-hydroxylation sites is 4. The van der Waals surface area contributed by atoms with Gasteiger partial charge in [0, 0.05) is 131 Å². The topological polar surface area (TPSA) is 659 Å². The molecule has 0 atom stereocenters. The Labute approximate surface area is 830 Å². The number of nitrogens with one attached hydrogen (secondary N) is 23. The maximum atomic E-state index is 11.7. The number of aromatic nitrogens is 27. The number of aryl methyl sites for hydroxylation is 1. The Morgan fingerprint density at radius 2 is 0.653 bits per heavy atom. The van der Waals surface area contributed by atoms with Gasteiger partial charge in [-0.05, 0) is 215 Å². The average Bonchev–Trinajstić information content (AvgIpc) is 1.77. The summed E-state index contributed by atoms with van der Waals surface area (Å²) in [5.41, 5.74) is 13.0. The summed E-state index contributed by atoms with van der Waals surface area (Å²) in [6.45, 7) is 1.94. The summed E-state index contributed by atoms with van der Waals surface area (Å²) >= 11 is 2.88.